The molecule has 0 amide bonds. The number of nitrogens with one attached hydrogen (secondary N) is 1. The SMILES string of the molecule is O=S(=O)(Nc1ccc(F)c(-n2cc(-c3cncc(N4CCN(CC5CC5)CC4)c3)nn2)c1F)c1ccoc1. The van der Waals surface area contributed by atoms with Gasteiger partial charge in [0.05, 0.1) is 30.0 Å². The molecule has 198 valence electrons. The van der Waals surface area contributed by atoms with E-state index in [9.17, 15) is 12.8 Å². The Balaban J connectivity index is 1.22. The summed E-state index contributed by atoms with van der Waals surface area (Å²) in [5.74, 6) is -1.20. The number of rotatable bonds is 8. The van der Waals surface area contributed by atoms with Crippen LogP contribution in [0.2, 0.25) is 0 Å². The molecule has 0 bridgehead atoms. The minimum Gasteiger partial charge on any atom is -0.471 e. The van der Waals surface area contributed by atoms with E-state index in [1.54, 1.807) is 12.4 Å². The van der Waals surface area contributed by atoms with Crippen molar-refractivity contribution in [3.63, 3.8) is 0 Å². The molecular formula is C25H25F2N7O3S. The maximum Gasteiger partial charge on any atom is 0.265 e. The van der Waals surface area contributed by atoms with Gasteiger partial charge in [-0.25, -0.2) is 21.9 Å². The van der Waals surface area contributed by atoms with Crippen molar-refractivity contribution >= 4 is 21.4 Å². The van der Waals surface area contributed by atoms with E-state index in [2.05, 4.69) is 29.8 Å². The summed E-state index contributed by atoms with van der Waals surface area (Å²) in [5.41, 5.74) is 0.953. The maximum atomic E-state index is 15.3. The Kier molecular flexibility index (Phi) is 6.32. The second kappa shape index (κ2) is 9.80. The van der Waals surface area contributed by atoms with Gasteiger partial charge in [-0.05, 0) is 43.0 Å². The van der Waals surface area contributed by atoms with E-state index in [0.717, 1.165) is 60.9 Å². The van der Waals surface area contributed by atoms with Crippen LogP contribution in [0.5, 0.6) is 0 Å². The average molecular weight is 542 g/mol. The van der Waals surface area contributed by atoms with Crippen LogP contribution in [0, 0.1) is 17.6 Å². The molecule has 1 saturated carbocycles. The first-order valence-electron chi connectivity index (χ1n) is 12.3. The van der Waals surface area contributed by atoms with E-state index < -0.39 is 33.0 Å². The van der Waals surface area contributed by atoms with Gasteiger partial charge in [-0.1, -0.05) is 5.21 Å². The molecule has 1 aromatic carbocycles. The summed E-state index contributed by atoms with van der Waals surface area (Å²) in [6, 6.07) is 5.10. The third kappa shape index (κ3) is 4.98. The van der Waals surface area contributed by atoms with Crippen molar-refractivity contribution in [1.82, 2.24) is 24.9 Å². The number of hydrogen-bond donors (Lipinski definition) is 1. The number of furan rings is 1. The largest absolute Gasteiger partial charge is 0.471 e. The predicted molar refractivity (Wildman–Crippen MR) is 135 cm³/mol. The molecule has 1 aliphatic heterocycles. The molecule has 3 aromatic heterocycles. The monoisotopic (exact) mass is 541 g/mol. The fourth-order valence-electron chi connectivity index (χ4n) is 4.54. The molecule has 13 heteroatoms. The molecule has 2 fully saturated rings. The summed E-state index contributed by atoms with van der Waals surface area (Å²) in [6.45, 7) is 4.95. The summed E-state index contributed by atoms with van der Waals surface area (Å²) in [6.07, 6.45) is 9.65. The normalized spacial score (nSPS) is 16.6. The lowest BCUT2D eigenvalue weighted by Crippen LogP contribution is -2.47. The highest BCUT2D eigenvalue weighted by atomic mass is 32.2. The molecule has 1 N–H and O–H groups in total. The van der Waals surface area contributed by atoms with Crippen LogP contribution in [0.3, 0.4) is 0 Å². The fourth-order valence-corrected chi connectivity index (χ4v) is 5.52. The topological polar surface area (TPSA) is 109 Å². The molecular weight excluding hydrogens is 516 g/mol. The van der Waals surface area contributed by atoms with Crippen LogP contribution in [0.25, 0.3) is 16.9 Å². The minimum atomic E-state index is -4.13. The molecule has 38 heavy (non-hydrogen) atoms. The number of hydrogen-bond acceptors (Lipinski definition) is 8. The third-order valence-corrected chi connectivity index (χ3v) is 8.15. The van der Waals surface area contributed by atoms with Crippen molar-refractivity contribution in [3.05, 3.63) is 67.0 Å². The van der Waals surface area contributed by atoms with Crippen LogP contribution in [-0.2, 0) is 10.0 Å². The first-order chi connectivity index (χ1) is 18.4. The van der Waals surface area contributed by atoms with Gasteiger partial charge in [-0.3, -0.25) is 14.6 Å². The quantitative estimate of drug-likeness (QED) is 0.361. The van der Waals surface area contributed by atoms with E-state index in [-0.39, 0.29) is 4.90 Å². The highest BCUT2D eigenvalue weighted by Gasteiger charge is 2.27. The summed E-state index contributed by atoms with van der Waals surface area (Å²) in [5, 5.41) is 7.99. The first-order valence-corrected chi connectivity index (χ1v) is 13.7. The van der Waals surface area contributed by atoms with Gasteiger partial charge in [0.2, 0.25) is 0 Å². The Bertz CT molecular complexity index is 1550. The number of piperazine rings is 1. The van der Waals surface area contributed by atoms with E-state index in [1.807, 2.05) is 6.07 Å². The van der Waals surface area contributed by atoms with Crippen molar-refractivity contribution < 1.29 is 21.6 Å². The van der Waals surface area contributed by atoms with Gasteiger partial charge in [0, 0.05) is 44.5 Å². The number of nitrogens with zero attached hydrogens (tertiary/aromatic N) is 6. The van der Waals surface area contributed by atoms with Crippen molar-refractivity contribution in [2.45, 2.75) is 17.7 Å². The van der Waals surface area contributed by atoms with Crippen molar-refractivity contribution in [1.29, 1.82) is 0 Å². The summed E-state index contributed by atoms with van der Waals surface area (Å²) < 4.78 is 62.9. The highest BCUT2D eigenvalue weighted by Crippen LogP contribution is 2.31. The summed E-state index contributed by atoms with van der Waals surface area (Å²) in [7, 11) is -4.13. The van der Waals surface area contributed by atoms with Gasteiger partial charge in [-0.2, -0.15) is 0 Å². The molecule has 0 spiro atoms. The molecule has 0 atom stereocenters. The lowest BCUT2D eigenvalue weighted by molar-refractivity contribution is 0.248. The molecule has 2 aliphatic rings. The second-order valence-electron chi connectivity index (χ2n) is 9.53. The molecule has 1 saturated heterocycles. The van der Waals surface area contributed by atoms with Gasteiger partial charge in [-0.15, -0.1) is 5.10 Å². The van der Waals surface area contributed by atoms with Crippen LogP contribution >= 0.6 is 0 Å². The van der Waals surface area contributed by atoms with Gasteiger partial charge < -0.3 is 9.32 Å². The van der Waals surface area contributed by atoms with E-state index in [1.165, 1.54) is 37.9 Å². The second-order valence-corrected chi connectivity index (χ2v) is 11.2. The molecule has 4 heterocycles. The number of halogens is 2. The molecule has 0 radical (unpaired) electrons. The first kappa shape index (κ1) is 24.5. The maximum absolute atomic E-state index is 15.3. The number of aromatic nitrogens is 4. The Morgan fingerprint density at radius 2 is 1.89 bits per heavy atom. The smallest absolute Gasteiger partial charge is 0.265 e. The van der Waals surface area contributed by atoms with E-state index >= 15 is 4.39 Å². The van der Waals surface area contributed by atoms with Crippen LogP contribution in [0.4, 0.5) is 20.2 Å². The number of anilines is 2. The van der Waals surface area contributed by atoms with Crippen LogP contribution in [0.1, 0.15) is 12.8 Å². The minimum absolute atomic E-state index is 0.192. The Hall–Kier alpha value is -3.84. The Morgan fingerprint density at radius 1 is 1.08 bits per heavy atom. The molecule has 1 aliphatic carbocycles. The van der Waals surface area contributed by atoms with Crippen molar-refractivity contribution in [3.8, 4) is 16.9 Å². The third-order valence-electron chi connectivity index (χ3n) is 6.81. The Labute approximate surface area is 217 Å². The lowest BCUT2D eigenvalue weighted by atomic mass is 10.2. The van der Waals surface area contributed by atoms with Gasteiger partial charge >= 0.3 is 0 Å². The van der Waals surface area contributed by atoms with Crippen molar-refractivity contribution in [2.75, 3.05) is 42.3 Å². The van der Waals surface area contributed by atoms with Gasteiger partial charge in [0.15, 0.2) is 11.6 Å². The number of benzene rings is 1. The number of pyridine rings is 1. The summed E-state index contributed by atoms with van der Waals surface area (Å²) >= 11 is 0. The fraction of sp³-hybridized carbons (Fsp3) is 0.320. The van der Waals surface area contributed by atoms with Gasteiger partial charge in [0.1, 0.15) is 22.5 Å². The van der Waals surface area contributed by atoms with Crippen molar-refractivity contribution in [2.24, 2.45) is 5.92 Å². The molecule has 10 nitrogen and oxygen atoms in total. The standard InChI is InChI=1S/C25H25F2N7O3S/c26-21-3-4-22(30-38(35,36)20-5-10-37-16-20)24(27)25(21)34-15-23(29-31-34)18-11-19(13-28-12-18)33-8-6-32(7-9-33)14-17-1-2-17/h3-5,10-13,15-17,30H,1-2,6-9,14H2. The Morgan fingerprint density at radius 3 is 2.63 bits per heavy atom. The lowest BCUT2D eigenvalue weighted by Gasteiger charge is -2.36. The zero-order valence-corrected chi connectivity index (χ0v) is 21.1. The number of sulfonamides is 1. The zero-order valence-electron chi connectivity index (χ0n) is 20.3. The van der Waals surface area contributed by atoms with Crippen LogP contribution < -0.4 is 9.62 Å². The van der Waals surface area contributed by atoms with Crippen LogP contribution in [-0.4, -0.2) is 66.0 Å². The summed E-state index contributed by atoms with van der Waals surface area (Å²) in [4.78, 5) is 8.92. The van der Waals surface area contributed by atoms with E-state index in [4.69, 9.17) is 4.42 Å². The molecule has 6 rings (SSSR count). The zero-order chi connectivity index (χ0) is 26.3. The molecule has 4 aromatic rings. The molecule has 0 unspecified atom stereocenters. The van der Waals surface area contributed by atoms with Crippen LogP contribution in [0.15, 0.2) is 64.7 Å². The highest BCUT2D eigenvalue weighted by molar-refractivity contribution is 7.92. The van der Waals surface area contributed by atoms with E-state index in [0.29, 0.717) is 11.3 Å². The van der Waals surface area contributed by atoms with Gasteiger partial charge in [0.25, 0.3) is 10.0 Å². The average Bonchev–Trinajstić information content (AvgIpc) is 3.34. The predicted octanol–water partition coefficient (Wildman–Crippen LogP) is 3.53.